The zero-order valence-corrected chi connectivity index (χ0v) is 18.3. The minimum atomic E-state index is -0.370. The van der Waals surface area contributed by atoms with Gasteiger partial charge in [0.1, 0.15) is 6.61 Å². The molecule has 0 saturated carbocycles. The van der Waals surface area contributed by atoms with E-state index in [1.165, 1.54) is 11.0 Å². The molecule has 0 aliphatic carbocycles. The Morgan fingerprint density at radius 2 is 1.65 bits per heavy atom. The van der Waals surface area contributed by atoms with Gasteiger partial charge in [-0.1, -0.05) is 0 Å². The Balaban J connectivity index is 1.64. The van der Waals surface area contributed by atoms with Crippen molar-refractivity contribution in [2.24, 2.45) is 0 Å². The fourth-order valence-electron chi connectivity index (χ4n) is 3.81. The molecule has 0 bridgehead atoms. The second-order valence-electron chi connectivity index (χ2n) is 7.91. The van der Waals surface area contributed by atoms with E-state index in [4.69, 9.17) is 9.47 Å². The average molecular weight is 431 g/mol. The molecule has 2 aliphatic heterocycles. The van der Waals surface area contributed by atoms with Crippen LogP contribution in [0.2, 0.25) is 0 Å². The number of hydrogen-bond acceptors (Lipinski definition) is 6. The molecule has 1 saturated heterocycles. The van der Waals surface area contributed by atoms with Crippen LogP contribution in [0.3, 0.4) is 0 Å². The lowest BCUT2D eigenvalue weighted by Gasteiger charge is -2.22. The number of ether oxygens (including phenoxy) is 2. The van der Waals surface area contributed by atoms with Crippen molar-refractivity contribution >= 4 is 23.6 Å². The molecule has 168 valence electrons. The number of imide groups is 1. The van der Waals surface area contributed by atoms with Crippen LogP contribution < -0.4 is 0 Å². The van der Waals surface area contributed by atoms with Gasteiger partial charge in [-0.15, -0.1) is 0 Å². The summed E-state index contributed by atoms with van der Waals surface area (Å²) in [6.07, 6.45) is 0.652. The highest BCUT2D eigenvalue weighted by Gasteiger charge is 2.37. The van der Waals surface area contributed by atoms with Gasteiger partial charge in [-0.2, -0.15) is 0 Å². The van der Waals surface area contributed by atoms with Crippen molar-refractivity contribution in [2.45, 2.75) is 26.3 Å². The lowest BCUT2D eigenvalue weighted by Crippen LogP contribution is -2.39. The van der Waals surface area contributed by atoms with Crippen molar-refractivity contribution in [1.82, 2.24) is 14.7 Å². The van der Waals surface area contributed by atoms with Gasteiger partial charge in [0.15, 0.2) is 0 Å². The van der Waals surface area contributed by atoms with E-state index in [1.54, 1.807) is 42.9 Å². The number of rotatable bonds is 7. The molecule has 1 aromatic rings. The smallest absolute Gasteiger partial charge is 0.261 e. The number of fused-ring (bicyclic) bond motifs is 1. The highest BCUT2D eigenvalue weighted by molar-refractivity contribution is 6.22. The van der Waals surface area contributed by atoms with Crippen molar-refractivity contribution in [3.05, 3.63) is 34.9 Å². The second-order valence-corrected chi connectivity index (χ2v) is 7.91. The molecule has 0 spiro atoms. The van der Waals surface area contributed by atoms with E-state index < -0.39 is 0 Å². The van der Waals surface area contributed by atoms with Gasteiger partial charge < -0.3 is 19.3 Å². The minimum absolute atomic E-state index is 0.00931. The Kier molecular flexibility index (Phi) is 7.40. The standard InChI is InChI=1S/C22H29N3O6/c1-15(2)25-21(28)17-6-5-16(13-18(17)22(25)29)20(27)24-8-4-7-23(9-10-24)19(26)14-31-12-11-30-3/h5-6,13,15H,4,7-12,14H2,1-3H3. The van der Waals surface area contributed by atoms with Crippen LogP contribution in [0.5, 0.6) is 0 Å². The van der Waals surface area contributed by atoms with Crippen LogP contribution in [0.4, 0.5) is 0 Å². The van der Waals surface area contributed by atoms with Crippen molar-refractivity contribution < 1.29 is 28.7 Å². The third-order valence-corrected chi connectivity index (χ3v) is 5.47. The minimum Gasteiger partial charge on any atom is -0.382 e. The van der Waals surface area contributed by atoms with E-state index in [2.05, 4.69) is 0 Å². The van der Waals surface area contributed by atoms with Gasteiger partial charge in [-0.25, -0.2) is 0 Å². The highest BCUT2D eigenvalue weighted by atomic mass is 16.5. The Morgan fingerprint density at radius 1 is 0.968 bits per heavy atom. The van der Waals surface area contributed by atoms with E-state index >= 15 is 0 Å². The normalized spacial score (nSPS) is 16.7. The van der Waals surface area contributed by atoms with E-state index in [9.17, 15) is 19.2 Å². The number of amides is 4. The number of carbonyl (C=O) groups is 4. The largest absolute Gasteiger partial charge is 0.382 e. The van der Waals surface area contributed by atoms with E-state index in [0.29, 0.717) is 56.9 Å². The van der Waals surface area contributed by atoms with Gasteiger partial charge in [0.05, 0.1) is 24.3 Å². The van der Waals surface area contributed by atoms with Crippen LogP contribution in [0, 0.1) is 0 Å². The van der Waals surface area contributed by atoms with Crippen molar-refractivity contribution in [3.8, 4) is 0 Å². The van der Waals surface area contributed by atoms with E-state index in [-0.39, 0.29) is 41.8 Å². The van der Waals surface area contributed by atoms with Crippen LogP contribution in [0.1, 0.15) is 51.3 Å². The van der Waals surface area contributed by atoms with Gasteiger partial charge in [-0.05, 0) is 38.5 Å². The summed E-state index contributed by atoms with van der Waals surface area (Å²) < 4.78 is 10.2. The molecule has 2 aliphatic rings. The summed E-state index contributed by atoms with van der Waals surface area (Å²) in [5.41, 5.74) is 0.967. The first-order valence-corrected chi connectivity index (χ1v) is 10.5. The van der Waals surface area contributed by atoms with Gasteiger partial charge >= 0.3 is 0 Å². The van der Waals surface area contributed by atoms with E-state index in [1.807, 2.05) is 0 Å². The molecule has 0 aromatic heterocycles. The summed E-state index contributed by atoms with van der Waals surface area (Å²) in [5.74, 6) is -1.02. The molecule has 0 atom stereocenters. The quantitative estimate of drug-likeness (QED) is 0.473. The maximum atomic E-state index is 13.1. The van der Waals surface area contributed by atoms with Crippen LogP contribution in [-0.2, 0) is 14.3 Å². The SMILES string of the molecule is COCCOCC(=O)N1CCCN(C(=O)c2ccc3c(c2)C(=O)N(C(C)C)C3=O)CC1. The molecule has 0 radical (unpaired) electrons. The molecule has 4 amide bonds. The molecule has 0 unspecified atom stereocenters. The molecule has 1 fully saturated rings. The maximum Gasteiger partial charge on any atom is 0.261 e. The van der Waals surface area contributed by atoms with Gasteiger partial charge in [0.25, 0.3) is 17.7 Å². The summed E-state index contributed by atoms with van der Waals surface area (Å²) in [7, 11) is 1.57. The van der Waals surface area contributed by atoms with Crippen LogP contribution in [0.15, 0.2) is 18.2 Å². The second kappa shape index (κ2) is 10.0. The molecular formula is C22H29N3O6. The maximum absolute atomic E-state index is 13.1. The molecule has 2 heterocycles. The Bertz CT molecular complexity index is 869. The van der Waals surface area contributed by atoms with Crippen molar-refractivity contribution in [2.75, 3.05) is 53.1 Å². The topological polar surface area (TPSA) is 96.5 Å². The number of benzene rings is 1. The Morgan fingerprint density at radius 3 is 2.35 bits per heavy atom. The number of nitrogens with zero attached hydrogens (tertiary/aromatic N) is 3. The lowest BCUT2D eigenvalue weighted by molar-refractivity contribution is -0.136. The first-order chi connectivity index (χ1) is 14.8. The van der Waals surface area contributed by atoms with Gasteiger partial charge in [-0.3, -0.25) is 24.1 Å². The Hall–Kier alpha value is -2.78. The van der Waals surface area contributed by atoms with Crippen LogP contribution in [-0.4, -0.2) is 97.5 Å². The van der Waals surface area contributed by atoms with Crippen LogP contribution >= 0.6 is 0 Å². The third kappa shape index (κ3) is 4.94. The lowest BCUT2D eigenvalue weighted by atomic mass is 10.0. The van der Waals surface area contributed by atoms with E-state index in [0.717, 1.165) is 0 Å². The van der Waals surface area contributed by atoms with Crippen molar-refractivity contribution in [1.29, 1.82) is 0 Å². The van der Waals surface area contributed by atoms with Crippen molar-refractivity contribution in [3.63, 3.8) is 0 Å². The monoisotopic (exact) mass is 431 g/mol. The number of hydrogen-bond donors (Lipinski definition) is 0. The first kappa shape index (κ1) is 22.9. The molecule has 9 heteroatoms. The molecule has 31 heavy (non-hydrogen) atoms. The van der Waals surface area contributed by atoms with Gasteiger partial charge in [0, 0.05) is 44.9 Å². The summed E-state index contributed by atoms with van der Waals surface area (Å²) in [5, 5.41) is 0. The Labute approximate surface area is 181 Å². The number of methoxy groups -OCH3 is 1. The molecular weight excluding hydrogens is 402 g/mol. The fourth-order valence-corrected chi connectivity index (χ4v) is 3.81. The fraction of sp³-hybridized carbons (Fsp3) is 0.545. The summed E-state index contributed by atoms with van der Waals surface area (Å²) in [6, 6.07) is 4.40. The molecule has 0 N–H and O–H groups in total. The third-order valence-electron chi connectivity index (χ3n) is 5.47. The molecule has 1 aromatic carbocycles. The summed E-state index contributed by atoms with van der Waals surface area (Å²) in [4.78, 5) is 55.0. The highest BCUT2D eigenvalue weighted by Crippen LogP contribution is 2.26. The van der Waals surface area contributed by atoms with Gasteiger partial charge in [0.2, 0.25) is 5.91 Å². The summed E-state index contributed by atoms with van der Waals surface area (Å²) in [6.45, 7) is 6.21. The molecule has 9 nitrogen and oxygen atoms in total. The average Bonchev–Trinajstić information content (AvgIpc) is 2.91. The molecule has 3 rings (SSSR count). The zero-order valence-electron chi connectivity index (χ0n) is 18.3. The zero-order chi connectivity index (χ0) is 22.5. The summed E-state index contributed by atoms with van der Waals surface area (Å²) >= 11 is 0. The van der Waals surface area contributed by atoms with Crippen LogP contribution in [0.25, 0.3) is 0 Å². The first-order valence-electron chi connectivity index (χ1n) is 10.5. The number of carbonyl (C=O) groups excluding carboxylic acids is 4. The predicted molar refractivity (Wildman–Crippen MR) is 112 cm³/mol. The predicted octanol–water partition coefficient (Wildman–Crippen LogP) is 1.03.